The van der Waals surface area contributed by atoms with Crippen LogP contribution in [0.3, 0.4) is 0 Å². The molecule has 0 fully saturated rings. The molecule has 0 spiro atoms. The summed E-state index contributed by atoms with van der Waals surface area (Å²) in [6.07, 6.45) is 0. The number of rotatable bonds is 8. The van der Waals surface area contributed by atoms with Gasteiger partial charge >= 0.3 is 5.97 Å². The van der Waals surface area contributed by atoms with Gasteiger partial charge in [0.2, 0.25) is 0 Å². The van der Waals surface area contributed by atoms with Gasteiger partial charge < -0.3 is 21.1 Å². The average molecular weight is 633 g/mol. The zero-order valence-corrected chi connectivity index (χ0v) is 22.6. The fourth-order valence-electron chi connectivity index (χ4n) is 3.75. The van der Waals surface area contributed by atoms with Gasteiger partial charge in [0.15, 0.2) is 11.5 Å². The first-order chi connectivity index (χ1) is 20.0. The fraction of sp³-hybridized carbons (Fsp3) is 0. The number of phenolic OH excluding ortho intramolecular Hbond substituents is 2. The number of hydrogen-bond acceptors (Lipinski definition) is 14. The van der Waals surface area contributed by atoms with Crippen LogP contribution in [0.5, 0.6) is 11.5 Å². The number of nitrogens with two attached hydrogens (primary N) is 1. The molecule has 0 bridgehead atoms. The molecule has 0 aromatic heterocycles. The van der Waals surface area contributed by atoms with E-state index < -0.39 is 86.1 Å². The number of nitro benzene ring substituents is 1. The molecular weight excluding hydrogens is 616 g/mol. The molecule has 0 amide bonds. The molecule has 4 rings (SSSR count). The maximum absolute atomic E-state index is 12.1. The number of nitro groups is 1. The van der Waals surface area contributed by atoms with Gasteiger partial charge in [0, 0.05) is 11.8 Å². The van der Waals surface area contributed by atoms with E-state index in [9.17, 15) is 56.2 Å². The molecule has 0 radical (unpaired) electrons. The fourth-order valence-corrected chi connectivity index (χ4v) is 5.01. The number of carboxylic acids is 1. The molecule has 43 heavy (non-hydrogen) atoms. The molecule has 0 saturated heterocycles. The Morgan fingerprint density at radius 3 is 2.05 bits per heavy atom. The van der Waals surface area contributed by atoms with Crippen molar-refractivity contribution in [3.05, 3.63) is 70.3 Å². The van der Waals surface area contributed by atoms with Crippen LogP contribution in [-0.4, -0.2) is 52.2 Å². The molecule has 0 unspecified atom stereocenters. The zero-order valence-electron chi connectivity index (χ0n) is 20.9. The highest BCUT2D eigenvalue weighted by Gasteiger charge is 2.25. The second-order valence-corrected chi connectivity index (χ2v) is 11.2. The van der Waals surface area contributed by atoms with E-state index in [1.807, 2.05) is 0 Å². The number of fused-ring (bicyclic) bond motifs is 1. The predicted octanol–water partition coefficient (Wildman–Crippen LogP) is 4.76. The maximum Gasteiger partial charge on any atom is 0.342 e. The Kier molecular flexibility index (Phi) is 7.79. The normalized spacial score (nSPS) is 12.3. The number of aromatic carboxylic acids is 1. The van der Waals surface area contributed by atoms with E-state index in [4.69, 9.17) is 5.73 Å². The van der Waals surface area contributed by atoms with Crippen LogP contribution in [0.25, 0.3) is 10.8 Å². The number of carbonyl (C=O) groups is 1. The second-order valence-electron chi connectivity index (χ2n) is 8.44. The van der Waals surface area contributed by atoms with Crippen molar-refractivity contribution in [1.82, 2.24) is 0 Å². The average Bonchev–Trinajstić information content (AvgIpc) is 2.90. The molecule has 0 heterocycles. The molecule has 222 valence electrons. The summed E-state index contributed by atoms with van der Waals surface area (Å²) in [7, 11) is -9.85. The topological polar surface area (TPSA) is 305 Å². The number of aromatic hydroxyl groups is 2. The Hall–Kier alpha value is -5.57. The number of nitrogen functional groups attached to an aromatic ring is 1. The zero-order chi connectivity index (χ0) is 31.9. The monoisotopic (exact) mass is 632 g/mol. The third kappa shape index (κ3) is 6.20. The molecule has 0 aliphatic heterocycles. The molecule has 7 N–H and O–H groups in total. The van der Waals surface area contributed by atoms with Gasteiger partial charge in [0.25, 0.3) is 25.9 Å². The van der Waals surface area contributed by atoms with Gasteiger partial charge in [0.1, 0.15) is 32.4 Å². The number of benzene rings is 4. The molecular formula is C23H16N6O12S2. The van der Waals surface area contributed by atoms with Crippen molar-refractivity contribution >= 4 is 71.1 Å². The maximum atomic E-state index is 12.1. The minimum atomic E-state index is -5.10. The lowest BCUT2D eigenvalue weighted by Gasteiger charge is -2.11. The lowest BCUT2D eigenvalue weighted by Crippen LogP contribution is -2.02. The molecule has 0 saturated carbocycles. The Morgan fingerprint density at radius 1 is 0.791 bits per heavy atom. The number of azo groups is 2. The minimum absolute atomic E-state index is 0.0537. The van der Waals surface area contributed by atoms with E-state index in [0.717, 1.165) is 48.5 Å². The van der Waals surface area contributed by atoms with Crippen LogP contribution in [0, 0.1) is 10.1 Å². The molecule has 0 aliphatic rings. The summed E-state index contributed by atoms with van der Waals surface area (Å²) in [5.74, 6) is -3.55. The van der Waals surface area contributed by atoms with Gasteiger partial charge in [-0.25, -0.2) is 4.79 Å². The van der Waals surface area contributed by atoms with E-state index in [-0.39, 0.29) is 16.8 Å². The van der Waals surface area contributed by atoms with E-state index in [0.29, 0.717) is 0 Å². The summed E-state index contributed by atoms with van der Waals surface area (Å²) in [5, 5.41) is 56.1. The van der Waals surface area contributed by atoms with Crippen molar-refractivity contribution in [3.8, 4) is 11.5 Å². The SMILES string of the molecule is Nc1ccc(S(=O)(=O)O)c(N=Nc2ccc3cc(S(=O)(=O)O)c(N=Nc4ccc([N+](=O)[O-])c(C(=O)O)c4)c(O)c3c2O)c1. The van der Waals surface area contributed by atoms with Crippen LogP contribution in [0.1, 0.15) is 10.4 Å². The highest BCUT2D eigenvalue weighted by molar-refractivity contribution is 7.86. The van der Waals surface area contributed by atoms with Gasteiger partial charge in [-0.2, -0.15) is 21.9 Å². The van der Waals surface area contributed by atoms with Gasteiger partial charge in [0.05, 0.1) is 16.0 Å². The van der Waals surface area contributed by atoms with Gasteiger partial charge in [-0.3, -0.25) is 19.2 Å². The Balaban J connectivity index is 1.89. The first-order valence-corrected chi connectivity index (χ1v) is 14.1. The summed E-state index contributed by atoms with van der Waals surface area (Å²) in [6.45, 7) is 0. The lowest BCUT2D eigenvalue weighted by molar-refractivity contribution is -0.385. The van der Waals surface area contributed by atoms with Crippen LogP contribution in [0.15, 0.2) is 84.8 Å². The summed E-state index contributed by atoms with van der Waals surface area (Å²) in [4.78, 5) is 19.9. The van der Waals surface area contributed by atoms with E-state index >= 15 is 0 Å². The largest absolute Gasteiger partial charge is 0.505 e. The number of anilines is 1. The van der Waals surface area contributed by atoms with Crippen LogP contribution in [-0.2, 0) is 20.2 Å². The van der Waals surface area contributed by atoms with Crippen molar-refractivity contribution in [2.75, 3.05) is 5.73 Å². The van der Waals surface area contributed by atoms with Crippen LogP contribution >= 0.6 is 0 Å². The molecule has 0 aliphatic carbocycles. The smallest absolute Gasteiger partial charge is 0.342 e. The third-order valence-corrected chi connectivity index (χ3v) is 7.41. The van der Waals surface area contributed by atoms with Crippen LogP contribution < -0.4 is 5.73 Å². The second kappa shape index (κ2) is 11.0. The quantitative estimate of drug-likeness (QED) is 0.0502. The third-order valence-electron chi connectivity index (χ3n) is 5.65. The Bertz CT molecular complexity index is 2130. The molecule has 0 atom stereocenters. The summed E-state index contributed by atoms with van der Waals surface area (Å²) >= 11 is 0. The Morgan fingerprint density at radius 2 is 1.44 bits per heavy atom. The van der Waals surface area contributed by atoms with Crippen molar-refractivity contribution in [3.63, 3.8) is 0 Å². The van der Waals surface area contributed by atoms with Gasteiger partial charge in [-0.1, -0.05) is 6.07 Å². The van der Waals surface area contributed by atoms with E-state index in [1.54, 1.807) is 0 Å². The summed E-state index contributed by atoms with van der Waals surface area (Å²) in [6, 6.07) is 8.79. The summed E-state index contributed by atoms with van der Waals surface area (Å²) < 4.78 is 66.7. The molecule has 20 heteroatoms. The van der Waals surface area contributed by atoms with Crippen molar-refractivity contribution < 1.29 is 51.0 Å². The number of carboxylic acid groups (broad SMARTS) is 1. The highest BCUT2D eigenvalue weighted by atomic mass is 32.2. The van der Waals surface area contributed by atoms with Gasteiger partial charge in [-0.15, -0.1) is 15.3 Å². The summed E-state index contributed by atoms with van der Waals surface area (Å²) in [5.41, 5.74) is 2.10. The van der Waals surface area contributed by atoms with Crippen molar-refractivity contribution in [1.29, 1.82) is 0 Å². The van der Waals surface area contributed by atoms with E-state index in [2.05, 4.69) is 20.5 Å². The standard InChI is InChI=1S/C23H16N6O12S2/c24-11-2-6-17(42(36,37)38)15(8-11)27-26-14-4-1-10-7-18(43(39,40)41)20(22(31)19(10)21(14)30)28-25-12-3-5-16(29(34)35)13(9-12)23(32)33/h1-9,30-31H,24H2,(H,32,33)(H,36,37,38)(H,39,40,41). The van der Waals surface area contributed by atoms with Crippen molar-refractivity contribution in [2.45, 2.75) is 9.79 Å². The number of nitrogens with zero attached hydrogens (tertiary/aromatic N) is 5. The number of hydrogen-bond donors (Lipinski definition) is 6. The molecule has 18 nitrogen and oxygen atoms in total. The minimum Gasteiger partial charge on any atom is -0.505 e. The van der Waals surface area contributed by atoms with Crippen LogP contribution in [0.2, 0.25) is 0 Å². The predicted molar refractivity (Wildman–Crippen MR) is 146 cm³/mol. The lowest BCUT2D eigenvalue weighted by atomic mass is 10.1. The van der Waals surface area contributed by atoms with Crippen molar-refractivity contribution in [2.24, 2.45) is 20.5 Å². The van der Waals surface area contributed by atoms with E-state index in [1.165, 1.54) is 6.07 Å². The van der Waals surface area contributed by atoms with Crippen LogP contribution in [0.4, 0.5) is 34.1 Å². The first-order valence-electron chi connectivity index (χ1n) is 11.2. The molecule has 4 aromatic carbocycles. The highest BCUT2D eigenvalue weighted by Crippen LogP contribution is 2.48. The number of phenols is 2. The van der Waals surface area contributed by atoms with Gasteiger partial charge in [-0.05, 0) is 47.9 Å². The molecule has 4 aromatic rings. The Labute approximate surface area is 239 Å². The first kappa shape index (κ1) is 30.4.